The molecule has 8 heteroatoms. The molecule has 0 saturated heterocycles. The minimum Gasteiger partial charge on any atom is -0.491 e. The van der Waals surface area contributed by atoms with E-state index in [0.717, 1.165) is 23.0 Å². The fourth-order valence-electron chi connectivity index (χ4n) is 4.23. The first kappa shape index (κ1) is 22.1. The first-order valence-corrected chi connectivity index (χ1v) is 10.9. The van der Waals surface area contributed by atoms with E-state index < -0.39 is 11.4 Å². The molecule has 0 bridgehead atoms. The Balaban J connectivity index is 1.83. The first-order valence-electron chi connectivity index (χ1n) is 10.9. The molecule has 0 saturated carbocycles. The number of carbonyl (C=O) groups is 1. The summed E-state index contributed by atoms with van der Waals surface area (Å²) >= 11 is 0. The molecule has 1 aromatic carbocycles. The zero-order valence-corrected chi connectivity index (χ0v) is 18.9. The number of carboxylic acids is 1. The maximum absolute atomic E-state index is 12.6. The van der Waals surface area contributed by atoms with Crippen LogP contribution in [0.2, 0.25) is 0 Å². The van der Waals surface area contributed by atoms with Crippen molar-refractivity contribution in [3.8, 4) is 17.1 Å². The van der Waals surface area contributed by atoms with Crippen LogP contribution in [0, 0.1) is 5.41 Å². The smallest absolute Gasteiger partial charge is 0.341 e. The van der Waals surface area contributed by atoms with Crippen molar-refractivity contribution < 1.29 is 19.4 Å². The van der Waals surface area contributed by atoms with Crippen molar-refractivity contribution in [2.45, 2.75) is 46.7 Å². The van der Waals surface area contributed by atoms with E-state index in [1.807, 2.05) is 34.4 Å². The molecular formula is C24H29N3O5. The number of rotatable bonds is 7. The molecule has 1 aliphatic rings. The lowest BCUT2D eigenvalue weighted by Gasteiger charge is -2.38. The van der Waals surface area contributed by atoms with Gasteiger partial charge in [-0.3, -0.25) is 9.48 Å². The molecule has 1 atom stereocenters. The van der Waals surface area contributed by atoms with Crippen molar-refractivity contribution in [2.24, 2.45) is 5.41 Å². The van der Waals surface area contributed by atoms with Gasteiger partial charge in [-0.05, 0) is 18.4 Å². The van der Waals surface area contributed by atoms with Gasteiger partial charge in [0.2, 0.25) is 0 Å². The quantitative estimate of drug-likeness (QED) is 0.560. The van der Waals surface area contributed by atoms with Crippen LogP contribution in [-0.4, -0.2) is 45.2 Å². The van der Waals surface area contributed by atoms with Gasteiger partial charge in [0.05, 0.1) is 30.6 Å². The van der Waals surface area contributed by atoms with Crippen LogP contribution < -0.4 is 10.2 Å². The van der Waals surface area contributed by atoms with E-state index in [2.05, 4.69) is 20.8 Å². The first-order chi connectivity index (χ1) is 15.2. The zero-order chi connectivity index (χ0) is 23.0. The molecule has 0 aliphatic carbocycles. The maximum Gasteiger partial charge on any atom is 0.341 e. The predicted molar refractivity (Wildman–Crippen MR) is 121 cm³/mol. The van der Waals surface area contributed by atoms with Gasteiger partial charge in [0, 0.05) is 37.3 Å². The van der Waals surface area contributed by atoms with Crippen LogP contribution in [0.5, 0.6) is 5.75 Å². The topological polar surface area (TPSA) is 95.6 Å². The summed E-state index contributed by atoms with van der Waals surface area (Å²) in [6.45, 7) is 10.7. The van der Waals surface area contributed by atoms with Gasteiger partial charge in [-0.1, -0.05) is 32.9 Å². The number of carboxylic acid groups (broad SMARTS) is 1. The van der Waals surface area contributed by atoms with Crippen molar-refractivity contribution in [1.82, 2.24) is 14.3 Å². The van der Waals surface area contributed by atoms with E-state index in [9.17, 15) is 14.7 Å². The second-order valence-electron chi connectivity index (χ2n) is 9.11. The highest BCUT2D eigenvalue weighted by Gasteiger charge is 2.35. The SMILES string of the molecule is CCOCCCOc1cccc2c3n(nc12)CC(C(C)(C)C)n1cc(C(=O)O)c(=O)cc1-3. The monoisotopic (exact) mass is 439 g/mol. The summed E-state index contributed by atoms with van der Waals surface area (Å²) in [5.41, 5.74) is 1.28. The third-order valence-corrected chi connectivity index (χ3v) is 5.86. The number of ether oxygens (including phenoxy) is 2. The molecular weight excluding hydrogens is 410 g/mol. The van der Waals surface area contributed by atoms with Crippen LogP contribution in [0.4, 0.5) is 0 Å². The molecule has 32 heavy (non-hydrogen) atoms. The average Bonchev–Trinajstić information content (AvgIpc) is 3.11. The molecule has 0 radical (unpaired) electrons. The molecule has 0 amide bonds. The molecule has 4 rings (SSSR count). The maximum atomic E-state index is 12.6. The van der Waals surface area contributed by atoms with E-state index in [-0.39, 0.29) is 17.0 Å². The number of aromatic nitrogens is 3. The van der Waals surface area contributed by atoms with Gasteiger partial charge in [-0.15, -0.1) is 0 Å². The summed E-state index contributed by atoms with van der Waals surface area (Å²) in [7, 11) is 0. The van der Waals surface area contributed by atoms with Crippen LogP contribution >= 0.6 is 0 Å². The molecule has 2 aromatic heterocycles. The summed E-state index contributed by atoms with van der Waals surface area (Å²) in [6.07, 6.45) is 2.26. The molecule has 1 N–H and O–H groups in total. The molecule has 0 spiro atoms. The third-order valence-electron chi connectivity index (χ3n) is 5.86. The Bertz CT molecular complexity index is 1220. The minimum absolute atomic E-state index is 0.0754. The Kier molecular flexibility index (Phi) is 5.81. The lowest BCUT2D eigenvalue weighted by Crippen LogP contribution is -2.35. The molecule has 3 heterocycles. The van der Waals surface area contributed by atoms with Crippen LogP contribution in [-0.2, 0) is 11.3 Å². The highest BCUT2D eigenvalue weighted by atomic mass is 16.5. The number of benzene rings is 1. The van der Waals surface area contributed by atoms with E-state index in [4.69, 9.17) is 14.6 Å². The van der Waals surface area contributed by atoms with E-state index >= 15 is 0 Å². The Morgan fingerprint density at radius 1 is 1.28 bits per heavy atom. The van der Waals surface area contributed by atoms with Gasteiger partial charge >= 0.3 is 5.97 Å². The highest BCUT2D eigenvalue weighted by molar-refractivity contribution is 5.96. The largest absolute Gasteiger partial charge is 0.491 e. The fraction of sp³-hybridized carbons (Fsp3) is 0.458. The van der Waals surface area contributed by atoms with Gasteiger partial charge in [-0.25, -0.2) is 4.79 Å². The number of hydrogen-bond donors (Lipinski definition) is 1. The Morgan fingerprint density at radius 2 is 2.06 bits per heavy atom. The normalized spacial score (nSPS) is 15.4. The number of hydrogen-bond acceptors (Lipinski definition) is 5. The number of nitrogens with zero attached hydrogens (tertiary/aromatic N) is 3. The lowest BCUT2D eigenvalue weighted by atomic mass is 9.85. The number of aromatic carboxylic acids is 1. The Labute approximate surface area is 186 Å². The van der Waals surface area contributed by atoms with E-state index in [0.29, 0.717) is 37.8 Å². The second-order valence-corrected chi connectivity index (χ2v) is 9.11. The second kappa shape index (κ2) is 8.43. The van der Waals surface area contributed by atoms with Crippen LogP contribution in [0.25, 0.3) is 22.3 Å². The summed E-state index contributed by atoms with van der Waals surface area (Å²) in [4.78, 5) is 24.2. The summed E-state index contributed by atoms with van der Waals surface area (Å²) in [5, 5.41) is 15.2. The highest BCUT2D eigenvalue weighted by Crippen LogP contribution is 2.43. The standard InChI is InChI=1S/C24H29N3O5/c1-5-31-10-7-11-32-19-9-6-8-15-21(19)25-27-14-20(24(2,3)4)26-13-16(23(29)30)18(28)12-17(26)22(15)27/h6,8-9,12-13,20H,5,7,10-11,14H2,1-4H3,(H,29,30). The molecule has 8 nitrogen and oxygen atoms in total. The Hall–Kier alpha value is -3.13. The van der Waals surface area contributed by atoms with Crippen LogP contribution in [0.3, 0.4) is 0 Å². The molecule has 1 aliphatic heterocycles. The van der Waals surface area contributed by atoms with Crippen molar-refractivity contribution in [1.29, 1.82) is 0 Å². The van der Waals surface area contributed by atoms with Gasteiger partial charge in [0.1, 0.15) is 16.8 Å². The third kappa shape index (κ3) is 3.90. The average molecular weight is 440 g/mol. The number of pyridine rings is 1. The van der Waals surface area contributed by atoms with Gasteiger partial charge in [0.25, 0.3) is 0 Å². The van der Waals surface area contributed by atoms with Crippen molar-refractivity contribution >= 4 is 16.9 Å². The summed E-state index contributed by atoms with van der Waals surface area (Å²) in [6, 6.07) is 7.10. The molecule has 170 valence electrons. The lowest BCUT2D eigenvalue weighted by molar-refractivity contribution is 0.0693. The van der Waals surface area contributed by atoms with Gasteiger partial charge in [0.15, 0.2) is 5.43 Å². The Morgan fingerprint density at radius 3 is 2.75 bits per heavy atom. The van der Waals surface area contributed by atoms with E-state index in [1.165, 1.54) is 12.3 Å². The predicted octanol–water partition coefficient (Wildman–Crippen LogP) is 3.97. The summed E-state index contributed by atoms with van der Waals surface area (Å²) < 4.78 is 15.2. The van der Waals surface area contributed by atoms with Gasteiger partial charge < -0.3 is 19.1 Å². The van der Waals surface area contributed by atoms with Crippen LogP contribution in [0.1, 0.15) is 50.5 Å². The van der Waals surface area contributed by atoms with Crippen LogP contribution in [0.15, 0.2) is 35.3 Å². The van der Waals surface area contributed by atoms with Crippen molar-refractivity contribution in [2.75, 3.05) is 19.8 Å². The van der Waals surface area contributed by atoms with Crippen molar-refractivity contribution in [3.05, 3.63) is 46.2 Å². The zero-order valence-electron chi connectivity index (χ0n) is 18.9. The molecule has 0 fully saturated rings. The van der Waals surface area contributed by atoms with Crippen molar-refractivity contribution in [3.63, 3.8) is 0 Å². The minimum atomic E-state index is -1.22. The molecule has 3 aromatic rings. The fourth-order valence-corrected chi connectivity index (χ4v) is 4.23. The summed E-state index contributed by atoms with van der Waals surface area (Å²) in [5.74, 6) is -0.533. The van der Waals surface area contributed by atoms with E-state index in [1.54, 1.807) is 0 Å². The molecule has 1 unspecified atom stereocenters. The number of fused-ring (bicyclic) bond motifs is 5. The van der Waals surface area contributed by atoms with Gasteiger partial charge in [-0.2, -0.15) is 5.10 Å².